The molecule has 0 saturated carbocycles. The Morgan fingerprint density at radius 2 is 2.31 bits per heavy atom. The highest BCUT2D eigenvalue weighted by Gasteiger charge is 2.47. The third-order valence-electron chi connectivity index (χ3n) is 3.78. The lowest BCUT2D eigenvalue weighted by Gasteiger charge is -2.35. The number of ether oxygens (including phenoxy) is 2. The van der Waals surface area contributed by atoms with E-state index in [9.17, 15) is 0 Å². The third-order valence-corrected chi connectivity index (χ3v) is 3.78. The van der Waals surface area contributed by atoms with Gasteiger partial charge in [0.25, 0.3) is 0 Å². The molecule has 0 bridgehead atoms. The molecular formula is C12H23NO3. The van der Waals surface area contributed by atoms with Crippen LogP contribution in [0.25, 0.3) is 0 Å². The summed E-state index contributed by atoms with van der Waals surface area (Å²) in [4.78, 5) is 2.43. The number of hydrogen-bond donors (Lipinski definition) is 1. The molecule has 3 unspecified atom stereocenters. The van der Waals surface area contributed by atoms with E-state index in [-0.39, 0.29) is 12.7 Å². The van der Waals surface area contributed by atoms with Crippen molar-refractivity contribution in [1.29, 1.82) is 0 Å². The molecule has 0 radical (unpaired) electrons. The number of likely N-dealkylation sites (N-methyl/N-ethyl adjacent to an activating group) is 1. The van der Waals surface area contributed by atoms with Gasteiger partial charge in [0.2, 0.25) is 0 Å². The maximum atomic E-state index is 8.91. The second-order valence-corrected chi connectivity index (χ2v) is 4.87. The van der Waals surface area contributed by atoms with E-state index in [1.807, 2.05) is 6.92 Å². The largest absolute Gasteiger partial charge is 0.396 e. The Hall–Kier alpha value is -0.160. The van der Waals surface area contributed by atoms with Gasteiger partial charge < -0.3 is 14.6 Å². The first-order chi connectivity index (χ1) is 7.69. The van der Waals surface area contributed by atoms with Crippen LogP contribution in [-0.4, -0.2) is 54.2 Å². The predicted octanol–water partition coefficient (Wildman–Crippen LogP) is 0.985. The zero-order valence-corrected chi connectivity index (χ0v) is 10.3. The Kier molecular flexibility index (Phi) is 3.85. The number of hydrogen-bond acceptors (Lipinski definition) is 4. The van der Waals surface area contributed by atoms with Crippen LogP contribution in [0.5, 0.6) is 0 Å². The minimum atomic E-state index is -0.466. The third kappa shape index (κ3) is 2.25. The summed E-state index contributed by atoms with van der Waals surface area (Å²) in [7, 11) is 0. The van der Waals surface area contributed by atoms with Gasteiger partial charge in [0, 0.05) is 6.61 Å². The second-order valence-electron chi connectivity index (χ2n) is 4.87. The van der Waals surface area contributed by atoms with Crippen molar-refractivity contribution in [1.82, 2.24) is 4.90 Å². The molecule has 2 rings (SSSR count). The van der Waals surface area contributed by atoms with Crippen molar-refractivity contribution in [3.8, 4) is 0 Å². The average Bonchev–Trinajstić information content (AvgIpc) is 2.86. The molecule has 0 aromatic heterocycles. The predicted molar refractivity (Wildman–Crippen MR) is 61.2 cm³/mol. The standard InChI is InChI=1S/C12H23NO3/c1-3-13-7-4-5-11(13)12(2)15-9-10(16-12)6-8-14/h10-11,14H,3-9H2,1-2H3. The molecule has 0 aromatic carbocycles. The fraction of sp³-hybridized carbons (Fsp3) is 1.00. The minimum absolute atomic E-state index is 0.0642. The summed E-state index contributed by atoms with van der Waals surface area (Å²) >= 11 is 0. The fourth-order valence-corrected chi connectivity index (χ4v) is 2.92. The van der Waals surface area contributed by atoms with Crippen molar-refractivity contribution < 1.29 is 14.6 Å². The molecule has 4 nitrogen and oxygen atoms in total. The van der Waals surface area contributed by atoms with Gasteiger partial charge in [0.1, 0.15) is 0 Å². The molecule has 1 N–H and O–H groups in total. The first-order valence-electron chi connectivity index (χ1n) is 6.36. The van der Waals surface area contributed by atoms with Gasteiger partial charge in [-0.2, -0.15) is 0 Å². The summed E-state index contributed by atoms with van der Waals surface area (Å²) in [6.07, 6.45) is 3.12. The summed E-state index contributed by atoms with van der Waals surface area (Å²) in [5.41, 5.74) is 0. The van der Waals surface area contributed by atoms with Crippen LogP contribution in [0.15, 0.2) is 0 Å². The van der Waals surface area contributed by atoms with Gasteiger partial charge >= 0.3 is 0 Å². The zero-order chi connectivity index (χ0) is 11.6. The van der Waals surface area contributed by atoms with Crippen LogP contribution < -0.4 is 0 Å². The van der Waals surface area contributed by atoms with Crippen LogP contribution in [0.4, 0.5) is 0 Å². The van der Waals surface area contributed by atoms with Crippen molar-refractivity contribution >= 4 is 0 Å². The lowest BCUT2D eigenvalue weighted by atomic mass is 10.1. The molecule has 4 heteroatoms. The van der Waals surface area contributed by atoms with Crippen LogP contribution in [0.1, 0.15) is 33.1 Å². The van der Waals surface area contributed by atoms with E-state index in [0.29, 0.717) is 19.1 Å². The molecule has 2 aliphatic rings. The average molecular weight is 229 g/mol. The Labute approximate surface area is 97.5 Å². The number of aliphatic hydroxyl groups excluding tert-OH is 1. The molecule has 0 spiro atoms. The number of aliphatic hydroxyl groups is 1. The maximum absolute atomic E-state index is 8.91. The quantitative estimate of drug-likeness (QED) is 0.780. The van der Waals surface area contributed by atoms with Gasteiger partial charge in [0.15, 0.2) is 5.79 Å². The summed E-state index contributed by atoms with van der Waals surface area (Å²) < 4.78 is 11.8. The summed E-state index contributed by atoms with van der Waals surface area (Å²) in [6.45, 7) is 7.22. The van der Waals surface area contributed by atoms with Crippen molar-refractivity contribution in [2.45, 2.75) is 51.0 Å². The summed E-state index contributed by atoms with van der Waals surface area (Å²) in [6, 6.07) is 0.376. The molecule has 2 aliphatic heterocycles. The van der Waals surface area contributed by atoms with E-state index in [1.165, 1.54) is 6.42 Å². The molecule has 3 atom stereocenters. The first-order valence-corrected chi connectivity index (χ1v) is 6.36. The SMILES string of the molecule is CCN1CCCC1C1(C)OCC(CCO)O1. The Bertz CT molecular complexity index is 236. The molecule has 0 amide bonds. The van der Waals surface area contributed by atoms with Gasteiger partial charge in [-0.15, -0.1) is 0 Å². The van der Waals surface area contributed by atoms with E-state index in [0.717, 1.165) is 19.5 Å². The minimum Gasteiger partial charge on any atom is -0.396 e. The molecule has 2 saturated heterocycles. The molecule has 0 aromatic rings. The fourth-order valence-electron chi connectivity index (χ4n) is 2.92. The highest BCUT2D eigenvalue weighted by molar-refractivity contribution is 4.92. The topological polar surface area (TPSA) is 41.9 Å². The van der Waals surface area contributed by atoms with Crippen LogP contribution in [0.2, 0.25) is 0 Å². The lowest BCUT2D eigenvalue weighted by molar-refractivity contribution is -0.192. The van der Waals surface area contributed by atoms with E-state index < -0.39 is 5.79 Å². The Morgan fingerprint density at radius 1 is 1.50 bits per heavy atom. The van der Waals surface area contributed by atoms with Gasteiger partial charge in [0.05, 0.1) is 18.8 Å². The molecule has 16 heavy (non-hydrogen) atoms. The summed E-state index contributed by atoms with van der Waals surface area (Å²) in [5, 5.41) is 8.91. The lowest BCUT2D eigenvalue weighted by Crippen LogP contribution is -2.48. The van der Waals surface area contributed by atoms with Crippen molar-refractivity contribution in [2.24, 2.45) is 0 Å². The Morgan fingerprint density at radius 3 is 3.00 bits per heavy atom. The molecule has 0 aliphatic carbocycles. The normalized spacial score (nSPS) is 40.7. The zero-order valence-electron chi connectivity index (χ0n) is 10.3. The first kappa shape index (κ1) is 12.3. The van der Waals surface area contributed by atoms with E-state index >= 15 is 0 Å². The van der Waals surface area contributed by atoms with Crippen molar-refractivity contribution in [3.63, 3.8) is 0 Å². The highest BCUT2D eigenvalue weighted by Crippen LogP contribution is 2.35. The molecule has 2 fully saturated rings. The van der Waals surface area contributed by atoms with Crippen LogP contribution in [0.3, 0.4) is 0 Å². The van der Waals surface area contributed by atoms with E-state index in [2.05, 4.69) is 11.8 Å². The van der Waals surface area contributed by atoms with Gasteiger partial charge in [-0.1, -0.05) is 6.92 Å². The van der Waals surface area contributed by atoms with Crippen LogP contribution in [-0.2, 0) is 9.47 Å². The van der Waals surface area contributed by atoms with Gasteiger partial charge in [-0.25, -0.2) is 0 Å². The van der Waals surface area contributed by atoms with E-state index in [4.69, 9.17) is 14.6 Å². The molecule has 2 heterocycles. The number of rotatable bonds is 4. The smallest absolute Gasteiger partial charge is 0.181 e. The Balaban J connectivity index is 1.97. The van der Waals surface area contributed by atoms with E-state index in [1.54, 1.807) is 0 Å². The highest BCUT2D eigenvalue weighted by atomic mass is 16.7. The van der Waals surface area contributed by atoms with Crippen LogP contribution >= 0.6 is 0 Å². The molecular weight excluding hydrogens is 206 g/mol. The van der Waals surface area contributed by atoms with Gasteiger partial charge in [-0.05, 0) is 39.3 Å². The van der Waals surface area contributed by atoms with Gasteiger partial charge in [-0.3, -0.25) is 4.90 Å². The number of nitrogens with zero attached hydrogens (tertiary/aromatic N) is 1. The summed E-state index contributed by atoms with van der Waals surface area (Å²) in [5.74, 6) is -0.466. The maximum Gasteiger partial charge on any atom is 0.181 e. The molecule has 94 valence electrons. The number of likely N-dealkylation sites (tertiary alicyclic amines) is 1. The monoisotopic (exact) mass is 229 g/mol. The van der Waals surface area contributed by atoms with Crippen LogP contribution in [0, 0.1) is 0 Å². The van der Waals surface area contributed by atoms with Crippen molar-refractivity contribution in [2.75, 3.05) is 26.3 Å². The van der Waals surface area contributed by atoms with Crippen molar-refractivity contribution in [3.05, 3.63) is 0 Å². The second kappa shape index (κ2) is 5.00.